The summed E-state index contributed by atoms with van der Waals surface area (Å²) in [4.78, 5) is 12.8. The molecule has 0 bridgehead atoms. The molecule has 10 heteroatoms. The number of carbonyl (C=O) groups excluding carboxylic acids is 1. The smallest absolute Gasteiger partial charge is 0.306 e. The molecule has 0 aromatic heterocycles. The largest absolute Gasteiger partial charge is 0.487 e. The van der Waals surface area contributed by atoms with Crippen LogP contribution < -0.4 is 18.9 Å². The first-order valence-electron chi connectivity index (χ1n) is 19.3. The molecule has 2 unspecified atom stereocenters. The van der Waals surface area contributed by atoms with Crippen molar-refractivity contribution in [3.8, 4) is 23.0 Å². The Morgan fingerprint density at radius 2 is 1.11 bits per heavy atom. The highest BCUT2D eigenvalue weighted by Gasteiger charge is 2.37. The number of allylic oxidation sites excluding steroid dienone is 14. The summed E-state index contributed by atoms with van der Waals surface area (Å²) in [7, 11) is 0. The number of rotatable bonds is 6. The summed E-state index contributed by atoms with van der Waals surface area (Å²) < 4.78 is 52.2. The first-order chi connectivity index (χ1) is 27.2. The fourth-order valence-electron chi connectivity index (χ4n) is 7.15. The minimum atomic E-state index is -0.228. The normalized spacial score (nSPS) is 22.0. The van der Waals surface area contributed by atoms with Gasteiger partial charge >= 0.3 is 5.97 Å². The topological polar surface area (TPSA) is 100 Å². The molecule has 1 heterocycles. The molecule has 0 amide bonds. The lowest BCUT2D eigenvalue weighted by Gasteiger charge is -2.40. The van der Waals surface area contributed by atoms with Gasteiger partial charge < -0.3 is 42.6 Å². The van der Waals surface area contributed by atoms with Gasteiger partial charge in [0.1, 0.15) is 33.0 Å². The van der Waals surface area contributed by atoms with Gasteiger partial charge in [0.2, 0.25) is 0 Å². The highest BCUT2D eigenvalue weighted by atomic mass is 16.6. The Bertz CT molecular complexity index is 1850. The maximum Gasteiger partial charge on any atom is 0.306 e. The van der Waals surface area contributed by atoms with E-state index in [0.717, 1.165) is 12.0 Å². The van der Waals surface area contributed by atoms with Crippen molar-refractivity contribution in [2.24, 2.45) is 11.8 Å². The second-order valence-corrected chi connectivity index (χ2v) is 13.6. The number of benzene rings is 2. The van der Waals surface area contributed by atoms with Gasteiger partial charge in [-0.15, -0.1) is 0 Å². The van der Waals surface area contributed by atoms with Gasteiger partial charge in [0.15, 0.2) is 23.0 Å². The minimum absolute atomic E-state index is 0.138. The van der Waals surface area contributed by atoms with Gasteiger partial charge in [-0.1, -0.05) is 72.9 Å². The van der Waals surface area contributed by atoms with E-state index in [0.29, 0.717) is 127 Å². The molecule has 10 nitrogen and oxygen atoms in total. The van der Waals surface area contributed by atoms with E-state index in [1.54, 1.807) is 0 Å². The van der Waals surface area contributed by atoms with Crippen molar-refractivity contribution in [2.75, 3.05) is 79.3 Å². The molecular weight excluding hydrogens is 700 g/mol. The predicted octanol–water partition coefficient (Wildman–Crippen LogP) is 7.23. The highest BCUT2D eigenvalue weighted by Crippen LogP contribution is 2.49. The minimum Gasteiger partial charge on any atom is -0.487 e. The summed E-state index contributed by atoms with van der Waals surface area (Å²) >= 11 is 0. The van der Waals surface area contributed by atoms with Gasteiger partial charge in [0, 0.05) is 18.3 Å². The van der Waals surface area contributed by atoms with Gasteiger partial charge in [-0.3, -0.25) is 4.79 Å². The van der Waals surface area contributed by atoms with E-state index < -0.39 is 0 Å². The maximum absolute atomic E-state index is 12.8. The van der Waals surface area contributed by atoms with Crippen LogP contribution in [0.1, 0.15) is 24.8 Å². The van der Waals surface area contributed by atoms with Crippen LogP contribution in [0.25, 0.3) is 0 Å². The Morgan fingerprint density at radius 1 is 0.564 bits per heavy atom. The fourth-order valence-corrected chi connectivity index (χ4v) is 7.15. The average molecular weight is 751 g/mol. The molecule has 1 aliphatic heterocycles. The van der Waals surface area contributed by atoms with Gasteiger partial charge in [-0.05, 0) is 70.5 Å². The molecule has 55 heavy (non-hydrogen) atoms. The molecule has 7 rings (SSSR count). The van der Waals surface area contributed by atoms with Crippen LogP contribution in [0.4, 0.5) is 0 Å². The number of hydrogen-bond donors (Lipinski definition) is 0. The number of hydrogen-bond acceptors (Lipinski definition) is 10. The molecule has 290 valence electrons. The summed E-state index contributed by atoms with van der Waals surface area (Å²) in [5, 5.41) is 0. The van der Waals surface area contributed by atoms with Crippen molar-refractivity contribution in [3.05, 3.63) is 131 Å². The third kappa shape index (κ3) is 10.9. The number of para-hydroxylation sites is 2. The summed E-state index contributed by atoms with van der Waals surface area (Å²) in [6, 6.07) is 13.1. The van der Waals surface area contributed by atoms with E-state index >= 15 is 0 Å². The summed E-state index contributed by atoms with van der Waals surface area (Å²) in [5.74, 6) is 2.99. The lowest BCUT2D eigenvalue weighted by atomic mass is 9.64. The first kappa shape index (κ1) is 38.4. The van der Waals surface area contributed by atoms with Crippen molar-refractivity contribution >= 4 is 5.97 Å². The third-order valence-electron chi connectivity index (χ3n) is 9.78. The predicted molar refractivity (Wildman–Crippen MR) is 207 cm³/mol. The van der Waals surface area contributed by atoms with Crippen LogP contribution in [0.3, 0.4) is 0 Å². The molecule has 0 saturated carbocycles. The average Bonchev–Trinajstić information content (AvgIpc) is 3.21. The molecule has 0 N–H and O–H groups in total. The van der Waals surface area contributed by atoms with Crippen molar-refractivity contribution in [2.45, 2.75) is 25.9 Å². The van der Waals surface area contributed by atoms with E-state index in [-0.39, 0.29) is 12.6 Å². The Labute approximate surface area is 323 Å². The molecule has 5 aliphatic rings. The second kappa shape index (κ2) is 20.2. The highest BCUT2D eigenvalue weighted by molar-refractivity contribution is 5.69. The fraction of sp³-hybridized carbons (Fsp3) is 0.400. The Morgan fingerprint density at radius 3 is 1.78 bits per heavy atom. The van der Waals surface area contributed by atoms with Gasteiger partial charge in [-0.25, -0.2) is 0 Å². The van der Waals surface area contributed by atoms with Crippen molar-refractivity contribution < 1.29 is 47.4 Å². The first-order valence-corrected chi connectivity index (χ1v) is 19.3. The van der Waals surface area contributed by atoms with E-state index in [1.165, 1.54) is 27.9 Å². The van der Waals surface area contributed by atoms with E-state index in [4.69, 9.17) is 42.6 Å². The lowest BCUT2D eigenvalue weighted by molar-refractivity contribution is -0.145. The number of carbonyl (C=O) groups is 1. The summed E-state index contributed by atoms with van der Waals surface area (Å²) in [6.45, 7) is 4.82. The van der Waals surface area contributed by atoms with Crippen LogP contribution >= 0.6 is 0 Å². The van der Waals surface area contributed by atoms with Crippen LogP contribution in [-0.2, 0) is 35.1 Å². The molecule has 0 spiro atoms. The van der Waals surface area contributed by atoms with E-state index in [2.05, 4.69) is 54.7 Å². The van der Waals surface area contributed by atoms with Crippen LogP contribution in [0.5, 0.6) is 23.0 Å². The maximum atomic E-state index is 12.8. The van der Waals surface area contributed by atoms with Crippen molar-refractivity contribution in [1.29, 1.82) is 0 Å². The quantitative estimate of drug-likeness (QED) is 0.282. The van der Waals surface area contributed by atoms with Gasteiger partial charge in [0.25, 0.3) is 0 Å². The monoisotopic (exact) mass is 750 g/mol. The van der Waals surface area contributed by atoms with Gasteiger partial charge in [-0.2, -0.15) is 0 Å². The van der Waals surface area contributed by atoms with Crippen molar-refractivity contribution in [1.82, 2.24) is 0 Å². The van der Waals surface area contributed by atoms with Crippen LogP contribution in [0, 0.1) is 11.8 Å². The number of esters is 1. The van der Waals surface area contributed by atoms with E-state index in [9.17, 15) is 4.79 Å². The van der Waals surface area contributed by atoms with Crippen LogP contribution in [0.2, 0.25) is 0 Å². The Balaban J connectivity index is 0.864. The van der Waals surface area contributed by atoms with Crippen LogP contribution in [0.15, 0.2) is 125 Å². The zero-order valence-electron chi connectivity index (χ0n) is 31.3. The molecule has 0 saturated heterocycles. The molecular formula is C45H50O10. The number of ether oxygens (including phenoxy) is 9. The zero-order valence-corrected chi connectivity index (χ0v) is 31.3. The third-order valence-corrected chi connectivity index (χ3v) is 9.78. The lowest BCUT2D eigenvalue weighted by Crippen LogP contribution is -2.28. The summed E-state index contributed by atoms with van der Waals surface area (Å²) in [5.41, 5.74) is 7.51. The second-order valence-electron chi connectivity index (χ2n) is 13.6. The van der Waals surface area contributed by atoms with Gasteiger partial charge in [0.05, 0.1) is 52.9 Å². The molecule has 2 aromatic rings. The number of fused-ring (bicyclic) bond motifs is 2. The SMILES string of the molecule is O=C(CCCC1=CC2=CC=C3C=CC=C4C=CC(=C1)C2C43)OCc1ccc2c(c1)OCCOCCOCCOc1ccccc1OCCOCCOCCO2. The molecule has 4 aliphatic carbocycles. The Hall–Kier alpha value is -4.87. The zero-order chi connectivity index (χ0) is 37.5. The van der Waals surface area contributed by atoms with E-state index in [1.807, 2.05) is 42.5 Å². The molecule has 0 radical (unpaired) electrons. The van der Waals surface area contributed by atoms with Crippen molar-refractivity contribution in [3.63, 3.8) is 0 Å². The summed E-state index contributed by atoms with van der Waals surface area (Å²) in [6.07, 6.45) is 22.1. The molecule has 2 aromatic carbocycles. The molecule has 0 fully saturated rings. The van der Waals surface area contributed by atoms with Crippen LogP contribution in [-0.4, -0.2) is 85.3 Å². The Kier molecular flexibility index (Phi) is 14.1. The standard InChI is InChI=1S/C45H50O10/c46-43(10-3-5-33-29-37-14-12-35-6-4-7-36-13-15-38(30-33)45(37)44(35)36)55-32-34-11-16-41-42(31-34)54-28-24-50-20-19-48-22-26-52-40-9-2-1-8-39(40)51-25-21-47-17-18-49-23-27-53-41/h1-2,4,6-9,11-16,29-31,44-45H,3,5,10,17-28,32H2. The molecule has 2 atom stereocenters.